The van der Waals surface area contributed by atoms with Gasteiger partial charge in [0.15, 0.2) is 5.69 Å². The highest BCUT2D eigenvalue weighted by Crippen LogP contribution is 2.24. The summed E-state index contributed by atoms with van der Waals surface area (Å²) in [5, 5.41) is 19.7. The minimum atomic E-state index is -0.505. The van der Waals surface area contributed by atoms with Crippen LogP contribution < -0.4 is 15.9 Å². The number of nitrogen functional groups attached to an aromatic ring is 1. The first-order chi connectivity index (χ1) is 16.1. The van der Waals surface area contributed by atoms with E-state index in [0.717, 1.165) is 18.4 Å². The molecule has 2 heterocycles. The SMILES string of the molecule is COc1ccccc1/C=N\NC(=O)c1nnn(-c2nonc2N)c1CN(C)C1CCCCC1. The first kappa shape index (κ1) is 22.4. The number of hydrogen-bond donors (Lipinski definition) is 2. The summed E-state index contributed by atoms with van der Waals surface area (Å²) in [5.74, 6) is 0.383. The molecule has 3 N–H and O–H groups in total. The summed E-state index contributed by atoms with van der Waals surface area (Å²) in [7, 11) is 3.60. The van der Waals surface area contributed by atoms with Crippen LogP contribution in [0.3, 0.4) is 0 Å². The molecule has 0 atom stereocenters. The molecule has 0 radical (unpaired) electrons. The molecule has 0 bridgehead atoms. The predicted molar refractivity (Wildman–Crippen MR) is 120 cm³/mol. The maximum absolute atomic E-state index is 13.0. The smallest absolute Gasteiger partial charge is 0.293 e. The average molecular weight is 454 g/mol. The molecule has 1 amide bonds. The normalized spacial score (nSPS) is 14.8. The van der Waals surface area contributed by atoms with E-state index in [9.17, 15) is 4.79 Å². The predicted octanol–water partition coefficient (Wildman–Crippen LogP) is 1.77. The molecular weight excluding hydrogens is 426 g/mol. The first-order valence-corrected chi connectivity index (χ1v) is 10.8. The lowest BCUT2D eigenvalue weighted by molar-refractivity contribution is 0.0947. The minimum absolute atomic E-state index is 0.0580. The van der Waals surface area contributed by atoms with Gasteiger partial charge in [0, 0.05) is 18.2 Å². The van der Waals surface area contributed by atoms with Crippen molar-refractivity contribution in [1.29, 1.82) is 0 Å². The Morgan fingerprint density at radius 3 is 2.85 bits per heavy atom. The van der Waals surface area contributed by atoms with Crippen LogP contribution in [-0.4, -0.2) is 62.5 Å². The topological polar surface area (TPSA) is 150 Å². The number of nitrogens with one attached hydrogen (secondary N) is 1. The molecule has 4 rings (SSSR count). The second-order valence-corrected chi connectivity index (χ2v) is 7.92. The van der Waals surface area contributed by atoms with Crippen LogP contribution in [0.25, 0.3) is 5.82 Å². The quantitative estimate of drug-likeness (QED) is 0.384. The summed E-state index contributed by atoms with van der Waals surface area (Å²) in [6.07, 6.45) is 7.36. The van der Waals surface area contributed by atoms with Crippen molar-refractivity contribution in [3.05, 3.63) is 41.2 Å². The highest BCUT2D eigenvalue weighted by atomic mass is 16.6. The molecular formula is C21H27N9O3. The molecule has 3 aromatic rings. The van der Waals surface area contributed by atoms with E-state index in [4.69, 9.17) is 15.1 Å². The van der Waals surface area contributed by atoms with E-state index in [1.54, 1.807) is 7.11 Å². The number of amides is 1. The lowest BCUT2D eigenvalue weighted by Crippen LogP contribution is -2.34. The van der Waals surface area contributed by atoms with Crippen LogP contribution in [0.1, 0.15) is 53.8 Å². The Bertz CT molecular complexity index is 1120. The molecule has 12 nitrogen and oxygen atoms in total. The van der Waals surface area contributed by atoms with E-state index in [-0.39, 0.29) is 17.3 Å². The molecule has 1 aliphatic rings. The number of carbonyl (C=O) groups excluding carboxylic acids is 1. The third kappa shape index (κ3) is 5.00. The van der Waals surface area contributed by atoms with Gasteiger partial charge in [0.25, 0.3) is 5.91 Å². The maximum atomic E-state index is 13.0. The molecule has 1 aliphatic carbocycles. The molecule has 1 fully saturated rings. The number of benzene rings is 1. The minimum Gasteiger partial charge on any atom is -0.496 e. The highest BCUT2D eigenvalue weighted by Gasteiger charge is 2.27. The van der Waals surface area contributed by atoms with Crippen LogP contribution in [-0.2, 0) is 6.54 Å². The summed E-state index contributed by atoms with van der Waals surface area (Å²) in [6, 6.07) is 7.76. The van der Waals surface area contributed by atoms with Crippen LogP contribution in [0.5, 0.6) is 5.75 Å². The van der Waals surface area contributed by atoms with Gasteiger partial charge in [-0.1, -0.05) is 36.6 Å². The third-order valence-corrected chi connectivity index (χ3v) is 5.78. The van der Waals surface area contributed by atoms with Crippen LogP contribution in [0.4, 0.5) is 5.82 Å². The van der Waals surface area contributed by atoms with Crippen LogP contribution in [0, 0.1) is 0 Å². The van der Waals surface area contributed by atoms with Gasteiger partial charge < -0.3 is 10.5 Å². The Kier molecular flexibility index (Phi) is 6.93. The van der Waals surface area contributed by atoms with E-state index < -0.39 is 5.91 Å². The maximum Gasteiger partial charge on any atom is 0.293 e. The number of nitrogens with two attached hydrogens (primary N) is 1. The van der Waals surface area contributed by atoms with Crippen molar-refractivity contribution in [2.75, 3.05) is 19.9 Å². The fraction of sp³-hybridized carbons (Fsp3) is 0.429. The third-order valence-electron chi connectivity index (χ3n) is 5.78. The fourth-order valence-electron chi connectivity index (χ4n) is 4.00. The molecule has 0 unspecified atom stereocenters. The molecule has 1 aromatic carbocycles. The van der Waals surface area contributed by atoms with Crippen molar-refractivity contribution in [3.8, 4) is 11.6 Å². The Hall–Kier alpha value is -3.80. The largest absolute Gasteiger partial charge is 0.496 e. The zero-order valence-electron chi connectivity index (χ0n) is 18.6. The van der Waals surface area contributed by atoms with Crippen LogP contribution in [0.2, 0.25) is 0 Å². The fourth-order valence-corrected chi connectivity index (χ4v) is 4.00. The lowest BCUT2D eigenvalue weighted by atomic mass is 9.94. The Balaban J connectivity index is 1.57. The molecule has 12 heteroatoms. The number of anilines is 1. The van der Waals surface area contributed by atoms with Gasteiger partial charge in [-0.3, -0.25) is 9.69 Å². The number of aromatic nitrogens is 5. The van der Waals surface area contributed by atoms with Crippen molar-refractivity contribution in [1.82, 2.24) is 35.6 Å². The van der Waals surface area contributed by atoms with Gasteiger partial charge in [-0.05, 0) is 42.3 Å². The number of hydrazone groups is 1. The van der Waals surface area contributed by atoms with Gasteiger partial charge in [0.05, 0.1) is 19.0 Å². The second-order valence-electron chi connectivity index (χ2n) is 7.92. The molecule has 174 valence electrons. The van der Waals surface area contributed by atoms with Crippen LogP contribution >= 0.6 is 0 Å². The molecule has 0 saturated heterocycles. The van der Waals surface area contributed by atoms with Gasteiger partial charge in [-0.25, -0.2) is 10.1 Å². The summed E-state index contributed by atoms with van der Waals surface area (Å²) >= 11 is 0. The number of methoxy groups -OCH3 is 1. The molecule has 2 aromatic heterocycles. The Labute approximate surface area is 190 Å². The standard InChI is InChI=1S/C21H27N9O3/c1-29(15-9-4-3-5-10-15)13-16-18(24-28-30(16)20-19(22)26-33-27-20)21(31)25-23-12-14-8-6-7-11-17(14)32-2/h6-8,11-12,15H,3-5,9-10,13H2,1-2H3,(H2,22,26)(H,25,31)/b23-12-. The first-order valence-electron chi connectivity index (χ1n) is 10.8. The van der Waals surface area contributed by atoms with E-state index in [1.165, 1.54) is 30.2 Å². The Morgan fingerprint density at radius 1 is 1.33 bits per heavy atom. The lowest BCUT2D eigenvalue weighted by Gasteiger charge is -2.31. The number of rotatable bonds is 8. The monoisotopic (exact) mass is 453 g/mol. The van der Waals surface area contributed by atoms with Crippen molar-refractivity contribution in [2.45, 2.75) is 44.7 Å². The summed E-state index contributed by atoms with van der Waals surface area (Å²) < 4.78 is 11.4. The van der Waals surface area contributed by atoms with Gasteiger partial charge >= 0.3 is 0 Å². The van der Waals surface area contributed by atoms with Crippen molar-refractivity contribution < 1.29 is 14.2 Å². The van der Waals surface area contributed by atoms with Gasteiger partial charge in [0.1, 0.15) is 5.75 Å². The Morgan fingerprint density at radius 2 is 2.12 bits per heavy atom. The molecule has 0 aliphatic heterocycles. The number of carbonyl (C=O) groups is 1. The highest BCUT2D eigenvalue weighted by molar-refractivity contribution is 5.94. The van der Waals surface area contributed by atoms with Gasteiger partial charge in [-0.15, -0.1) is 5.10 Å². The van der Waals surface area contributed by atoms with Gasteiger partial charge in [-0.2, -0.15) is 9.78 Å². The molecule has 33 heavy (non-hydrogen) atoms. The van der Waals surface area contributed by atoms with Crippen LogP contribution in [0.15, 0.2) is 34.0 Å². The van der Waals surface area contributed by atoms with E-state index in [0.29, 0.717) is 24.0 Å². The zero-order chi connectivity index (χ0) is 23.2. The van der Waals surface area contributed by atoms with E-state index >= 15 is 0 Å². The van der Waals surface area contributed by atoms with E-state index in [2.05, 4.69) is 36.1 Å². The number of ether oxygens (including phenoxy) is 1. The number of hydrogen-bond acceptors (Lipinski definition) is 10. The summed E-state index contributed by atoms with van der Waals surface area (Å²) in [4.78, 5) is 15.2. The van der Waals surface area contributed by atoms with Crippen molar-refractivity contribution in [2.24, 2.45) is 5.10 Å². The average Bonchev–Trinajstić information content (AvgIpc) is 3.45. The number of nitrogens with zero attached hydrogens (tertiary/aromatic N) is 7. The molecule has 1 saturated carbocycles. The second kappa shape index (κ2) is 10.2. The molecule has 0 spiro atoms. The van der Waals surface area contributed by atoms with Crippen molar-refractivity contribution >= 4 is 17.9 Å². The van der Waals surface area contributed by atoms with Gasteiger partial charge in [0.2, 0.25) is 11.6 Å². The summed E-state index contributed by atoms with van der Waals surface area (Å²) in [5.41, 5.74) is 9.75. The summed E-state index contributed by atoms with van der Waals surface area (Å²) in [6.45, 7) is 0.420. The van der Waals surface area contributed by atoms with E-state index in [1.807, 2.05) is 31.3 Å². The number of para-hydroxylation sites is 1. The zero-order valence-corrected chi connectivity index (χ0v) is 18.6. The van der Waals surface area contributed by atoms with Crippen molar-refractivity contribution in [3.63, 3.8) is 0 Å².